The molecule has 2 heterocycles. The topological polar surface area (TPSA) is 52.7 Å². The van der Waals surface area contributed by atoms with Gasteiger partial charge in [0.1, 0.15) is 0 Å². The second-order valence-corrected chi connectivity index (χ2v) is 6.30. The molecule has 0 aromatic rings. The van der Waals surface area contributed by atoms with Crippen molar-refractivity contribution in [3.8, 4) is 0 Å². The van der Waals surface area contributed by atoms with Crippen LogP contribution in [-0.2, 0) is 9.59 Å². The van der Waals surface area contributed by atoms with Crippen molar-refractivity contribution >= 4 is 24.2 Å². The number of rotatable bonds is 6. The van der Waals surface area contributed by atoms with Crippen molar-refractivity contribution in [1.82, 2.24) is 15.1 Å². The Labute approximate surface area is 140 Å². The molecule has 0 bridgehead atoms. The van der Waals surface area contributed by atoms with Crippen molar-refractivity contribution in [2.24, 2.45) is 5.92 Å². The minimum atomic E-state index is -0.129. The van der Waals surface area contributed by atoms with Gasteiger partial charge >= 0.3 is 0 Å². The third-order valence-corrected chi connectivity index (χ3v) is 4.99. The summed E-state index contributed by atoms with van der Waals surface area (Å²) in [6.45, 7) is 6.54. The maximum atomic E-state index is 12.7. The predicted octanol–water partition coefficient (Wildman–Crippen LogP) is 1.66. The Morgan fingerprint density at radius 3 is 2.64 bits per heavy atom. The minimum absolute atomic E-state index is 0. The van der Waals surface area contributed by atoms with Crippen molar-refractivity contribution in [2.45, 2.75) is 58.0 Å². The fraction of sp³-hybridized carbons (Fsp3) is 0.875. The summed E-state index contributed by atoms with van der Waals surface area (Å²) in [5.41, 5.74) is 0. The highest BCUT2D eigenvalue weighted by Crippen LogP contribution is 2.27. The molecule has 2 aliphatic heterocycles. The van der Waals surface area contributed by atoms with Crippen LogP contribution in [0.4, 0.5) is 0 Å². The molecule has 0 radical (unpaired) electrons. The Morgan fingerprint density at radius 2 is 2.05 bits per heavy atom. The maximum Gasteiger partial charge on any atom is 0.228 e. The van der Waals surface area contributed by atoms with Gasteiger partial charge < -0.3 is 15.1 Å². The molecule has 128 valence electrons. The molecule has 6 heteroatoms. The van der Waals surface area contributed by atoms with Gasteiger partial charge in [-0.15, -0.1) is 12.4 Å². The van der Waals surface area contributed by atoms with E-state index < -0.39 is 0 Å². The van der Waals surface area contributed by atoms with Crippen LogP contribution in [0.5, 0.6) is 0 Å². The zero-order valence-corrected chi connectivity index (χ0v) is 14.8. The third-order valence-electron chi connectivity index (χ3n) is 4.99. The number of hydrogen-bond donors (Lipinski definition) is 1. The van der Waals surface area contributed by atoms with Crippen LogP contribution >= 0.6 is 12.4 Å². The van der Waals surface area contributed by atoms with Crippen LogP contribution in [0.15, 0.2) is 0 Å². The lowest BCUT2D eigenvalue weighted by Crippen LogP contribution is -2.44. The van der Waals surface area contributed by atoms with Gasteiger partial charge in [-0.05, 0) is 32.7 Å². The van der Waals surface area contributed by atoms with Gasteiger partial charge in [0.2, 0.25) is 11.8 Å². The molecule has 0 saturated carbocycles. The van der Waals surface area contributed by atoms with Crippen molar-refractivity contribution in [2.75, 3.05) is 26.7 Å². The first-order chi connectivity index (χ1) is 10.1. The number of carbonyl (C=O) groups is 2. The number of carbonyl (C=O) groups excluding carboxylic acids is 2. The largest absolute Gasteiger partial charge is 0.339 e. The Kier molecular flexibility index (Phi) is 7.63. The average Bonchev–Trinajstić information content (AvgIpc) is 3.08. The van der Waals surface area contributed by atoms with Gasteiger partial charge in [0, 0.05) is 38.1 Å². The number of nitrogens with one attached hydrogen (secondary N) is 1. The van der Waals surface area contributed by atoms with Crippen molar-refractivity contribution in [3.05, 3.63) is 0 Å². The van der Waals surface area contributed by atoms with Crippen molar-refractivity contribution < 1.29 is 9.59 Å². The molecule has 0 aromatic heterocycles. The zero-order chi connectivity index (χ0) is 15.4. The monoisotopic (exact) mass is 331 g/mol. The molecule has 2 unspecified atom stereocenters. The summed E-state index contributed by atoms with van der Waals surface area (Å²) in [7, 11) is 1.93. The Morgan fingerprint density at radius 1 is 1.36 bits per heavy atom. The van der Waals surface area contributed by atoms with E-state index in [2.05, 4.69) is 19.2 Å². The van der Waals surface area contributed by atoms with E-state index in [-0.39, 0.29) is 30.1 Å². The molecule has 2 atom stereocenters. The van der Waals surface area contributed by atoms with Gasteiger partial charge in [-0.2, -0.15) is 0 Å². The lowest BCUT2D eigenvalue weighted by molar-refractivity contribution is -0.136. The lowest BCUT2D eigenvalue weighted by Gasteiger charge is -2.29. The summed E-state index contributed by atoms with van der Waals surface area (Å²) < 4.78 is 0. The van der Waals surface area contributed by atoms with Gasteiger partial charge in [-0.1, -0.05) is 13.8 Å². The molecule has 22 heavy (non-hydrogen) atoms. The normalized spacial score (nSPS) is 25.0. The highest BCUT2D eigenvalue weighted by atomic mass is 35.5. The highest BCUT2D eigenvalue weighted by molar-refractivity contribution is 5.89. The van der Waals surface area contributed by atoms with E-state index in [4.69, 9.17) is 0 Å². The van der Waals surface area contributed by atoms with Crippen LogP contribution in [0.1, 0.15) is 46.0 Å². The number of likely N-dealkylation sites (N-methyl/N-ethyl adjacent to an activating group) is 1. The molecule has 5 nitrogen and oxygen atoms in total. The maximum absolute atomic E-state index is 12.7. The van der Waals surface area contributed by atoms with E-state index in [1.165, 1.54) is 0 Å². The molecule has 2 fully saturated rings. The van der Waals surface area contributed by atoms with Crippen LogP contribution in [0.25, 0.3) is 0 Å². The fourth-order valence-corrected chi connectivity index (χ4v) is 3.79. The highest BCUT2D eigenvalue weighted by Gasteiger charge is 2.40. The summed E-state index contributed by atoms with van der Waals surface area (Å²) in [6, 6.07) is 0.599. The molecular formula is C16H30ClN3O2. The van der Waals surface area contributed by atoms with Crippen molar-refractivity contribution in [1.29, 1.82) is 0 Å². The van der Waals surface area contributed by atoms with Gasteiger partial charge in [0.25, 0.3) is 0 Å². The van der Waals surface area contributed by atoms with E-state index in [1.54, 1.807) is 0 Å². The summed E-state index contributed by atoms with van der Waals surface area (Å²) in [5, 5.41) is 3.17. The Hall–Kier alpha value is -0.810. The van der Waals surface area contributed by atoms with Crippen LogP contribution in [0.2, 0.25) is 0 Å². The first kappa shape index (κ1) is 19.2. The number of amides is 2. The summed E-state index contributed by atoms with van der Waals surface area (Å²) in [6.07, 6.45) is 4.49. The summed E-state index contributed by atoms with van der Waals surface area (Å²) >= 11 is 0. The summed E-state index contributed by atoms with van der Waals surface area (Å²) in [4.78, 5) is 28.9. The molecule has 2 rings (SSSR count). The van der Waals surface area contributed by atoms with E-state index >= 15 is 0 Å². The second kappa shape index (κ2) is 8.73. The van der Waals surface area contributed by atoms with Crippen LogP contribution in [-0.4, -0.2) is 60.4 Å². The second-order valence-electron chi connectivity index (χ2n) is 6.30. The SMILES string of the molecule is CCC(CC)N1CC(C(=O)N2CCCC2CNC)CC1=O.Cl. The third kappa shape index (κ3) is 3.93. The molecular weight excluding hydrogens is 302 g/mol. The quantitative estimate of drug-likeness (QED) is 0.805. The predicted molar refractivity (Wildman–Crippen MR) is 90.1 cm³/mol. The number of hydrogen-bond acceptors (Lipinski definition) is 3. The van der Waals surface area contributed by atoms with Crippen LogP contribution in [0, 0.1) is 5.92 Å². The lowest BCUT2D eigenvalue weighted by atomic mass is 10.1. The number of halogens is 1. The molecule has 0 spiro atoms. The molecule has 0 aromatic carbocycles. The van der Waals surface area contributed by atoms with Crippen molar-refractivity contribution in [3.63, 3.8) is 0 Å². The van der Waals surface area contributed by atoms with E-state index in [0.29, 0.717) is 25.0 Å². The first-order valence-corrected chi connectivity index (χ1v) is 8.36. The fourth-order valence-electron chi connectivity index (χ4n) is 3.79. The summed E-state index contributed by atoms with van der Waals surface area (Å²) in [5.74, 6) is 0.219. The number of likely N-dealkylation sites (tertiary alicyclic amines) is 2. The smallest absolute Gasteiger partial charge is 0.228 e. The molecule has 2 aliphatic rings. The molecule has 2 saturated heterocycles. The van der Waals surface area contributed by atoms with Gasteiger partial charge in [-0.3, -0.25) is 9.59 Å². The Bertz CT molecular complexity index is 388. The van der Waals surface area contributed by atoms with E-state index in [0.717, 1.165) is 38.8 Å². The zero-order valence-electron chi connectivity index (χ0n) is 14.0. The van der Waals surface area contributed by atoms with Crippen LogP contribution in [0.3, 0.4) is 0 Å². The average molecular weight is 332 g/mol. The van der Waals surface area contributed by atoms with E-state index in [9.17, 15) is 9.59 Å². The molecule has 1 N–H and O–H groups in total. The number of nitrogens with zero attached hydrogens (tertiary/aromatic N) is 2. The standard InChI is InChI=1S/C16H29N3O2.ClH/c1-4-13(5-2)19-11-12(9-15(19)20)16(21)18-8-6-7-14(18)10-17-3;/h12-14,17H,4-11H2,1-3H3;1H. The Balaban J connectivity index is 0.00000242. The van der Waals surface area contributed by atoms with Gasteiger partial charge in [-0.25, -0.2) is 0 Å². The van der Waals surface area contributed by atoms with E-state index in [1.807, 2.05) is 16.8 Å². The first-order valence-electron chi connectivity index (χ1n) is 8.36. The molecule has 0 aliphatic carbocycles. The van der Waals surface area contributed by atoms with Gasteiger partial charge in [0.05, 0.1) is 5.92 Å². The van der Waals surface area contributed by atoms with Gasteiger partial charge in [0.15, 0.2) is 0 Å². The molecule has 2 amide bonds. The van der Waals surface area contributed by atoms with Crippen LogP contribution < -0.4 is 5.32 Å². The minimum Gasteiger partial charge on any atom is -0.339 e.